The minimum Gasteiger partial charge on any atom is -0.351 e. The first-order chi connectivity index (χ1) is 14.3. The second-order valence-corrected chi connectivity index (χ2v) is 6.74. The van der Waals surface area contributed by atoms with Crippen molar-refractivity contribution in [2.45, 2.75) is 24.9 Å². The maximum atomic E-state index is 6.91. The quantitative estimate of drug-likeness (QED) is 0.332. The van der Waals surface area contributed by atoms with Gasteiger partial charge < -0.3 is 21.5 Å². The topological polar surface area (TPSA) is 111 Å². The lowest BCUT2D eigenvalue weighted by Crippen LogP contribution is -2.10. The standard InChI is InChI=1S/C21H22N8/c22-9-10-25-26-13-15-5-4-8-17(11-15)27-20-23-14-24-21(29-20)28-19-12-18(19)16-6-2-1-3-7-16/h1-11,14,18-19,22,26H,12-13H2,(H2,23,24,27,28,29)/b22-9?,25-10-. The van der Waals surface area contributed by atoms with Gasteiger partial charge in [0.1, 0.15) is 6.33 Å². The third-order valence-electron chi connectivity index (χ3n) is 4.61. The van der Waals surface area contributed by atoms with Gasteiger partial charge in [-0.15, -0.1) is 0 Å². The Labute approximate surface area is 169 Å². The lowest BCUT2D eigenvalue weighted by atomic mass is 10.1. The van der Waals surface area contributed by atoms with Crippen molar-refractivity contribution in [2.24, 2.45) is 5.10 Å². The Balaban J connectivity index is 1.36. The van der Waals surface area contributed by atoms with E-state index in [2.05, 4.69) is 60.4 Å². The number of nitrogens with zero attached hydrogens (tertiary/aromatic N) is 4. The summed E-state index contributed by atoms with van der Waals surface area (Å²) < 4.78 is 0. The van der Waals surface area contributed by atoms with Crippen molar-refractivity contribution in [3.63, 3.8) is 0 Å². The minimum atomic E-state index is 0.351. The van der Waals surface area contributed by atoms with E-state index in [4.69, 9.17) is 5.41 Å². The van der Waals surface area contributed by atoms with Gasteiger partial charge in [-0.05, 0) is 29.7 Å². The van der Waals surface area contributed by atoms with Gasteiger partial charge in [0.25, 0.3) is 0 Å². The van der Waals surface area contributed by atoms with E-state index in [1.54, 1.807) is 0 Å². The molecule has 1 aliphatic carbocycles. The molecular formula is C21H22N8. The molecule has 0 bridgehead atoms. The summed E-state index contributed by atoms with van der Waals surface area (Å²) >= 11 is 0. The molecule has 4 rings (SSSR count). The predicted octanol–water partition coefficient (Wildman–Crippen LogP) is 3.31. The van der Waals surface area contributed by atoms with Crippen LogP contribution in [0.15, 0.2) is 66.0 Å². The molecule has 1 aromatic heterocycles. The van der Waals surface area contributed by atoms with Crippen molar-refractivity contribution >= 4 is 30.0 Å². The van der Waals surface area contributed by atoms with Crippen LogP contribution in [0, 0.1) is 5.41 Å². The van der Waals surface area contributed by atoms with Crippen molar-refractivity contribution in [1.29, 1.82) is 5.41 Å². The number of anilines is 3. The van der Waals surface area contributed by atoms with E-state index in [9.17, 15) is 0 Å². The van der Waals surface area contributed by atoms with Crippen molar-refractivity contribution in [3.8, 4) is 0 Å². The van der Waals surface area contributed by atoms with Crippen LogP contribution in [0.5, 0.6) is 0 Å². The molecule has 1 aliphatic rings. The molecule has 146 valence electrons. The van der Waals surface area contributed by atoms with Crippen LogP contribution in [0.3, 0.4) is 0 Å². The SMILES string of the molecule is N=C/C=N\NCc1cccc(Nc2ncnc(NC3CC3c3ccccc3)n2)c1. The highest BCUT2D eigenvalue weighted by Crippen LogP contribution is 2.42. The van der Waals surface area contributed by atoms with Crippen molar-refractivity contribution in [3.05, 3.63) is 72.1 Å². The number of rotatable bonds is 9. The molecule has 29 heavy (non-hydrogen) atoms. The van der Waals surface area contributed by atoms with E-state index in [1.807, 2.05) is 30.3 Å². The number of hydrazone groups is 1. The second kappa shape index (κ2) is 8.92. The van der Waals surface area contributed by atoms with Crippen molar-refractivity contribution in [2.75, 3.05) is 10.6 Å². The van der Waals surface area contributed by atoms with E-state index < -0.39 is 0 Å². The molecule has 1 saturated carbocycles. The smallest absolute Gasteiger partial charge is 0.231 e. The molecule has 0 aliphatic heterocycles. The first-order valence-corrected chi connectivity index (χ1v) is 9.43. The summed E-state index contributed by atoms with van der Waals surface area (Å²) in [5, 5.41) is 17.4. The molecule has 0 spiro atoms. The Kier molecular flexibility index (Phi) is 5.70. The van der Waals surface area contributed by atoms with E-state index in [-0.39, 0.29) is 0 Å². The normalized spacial score (nSPS) is 17.7. The van der Waals surface area contributed by atoms with Crippen LogP contribution in [0.1, 0.15) is 23.5 Å². The average Bonchev–Trinajstić information content (AvgIpc) is 3.52. The first kappa shape index (κ1) is 18.5. The Hall–Kier alpha value is -3.81. The molecule has 8 heteroatoms. The number of aromatic nitrogens is 3. The molecule has 2 unspecified atom stereocenters. The molecule has 1 heterocycles. The van der Waals surface area contributed by atoms with Gasteiger partial charge in [0.05, 0.1) is 12.8 Å². The summed E-state index contributed by atoms with van der Waals surface area (Å²) in [5.74, 6) is 1.57. The zero-order chi connectivity index (χ0) is 19.9. The Morgan fingerprint density at radius 3 is 2.79 bits per heavy atom. The van der Waals surface area contributed by atoms with Crippen LogP contribution in [0.25, 0.3) is 0 Å². The fourth-order valence-electron chi connectivity index (χ4n) is 3.13. The van der Waals surface area contributed by atoms with Crippen LogP contribution in [-0.4, -0.2) is 33.4 Å². The first-order valence-electron chi connectivity index (χ1n) is 9.43. The third kappa shape index (κ3) is 5.13. The van der Waals surface area contributed by atoms with E-state index in [1.165, 1.54) is 18.1 Å². The maximum absolute atomic E-state index is 6.91. The monoisotopic (exact) mass is 386 g/mol. The fourth-order valence-corrected chi connectivity index (χ4v) is 3.13. The maximum Gasteiger partial charge on any atom is 0.231 e. The third-order valence-corrected chi connectivity index (χ3v) is 4.61. The number of nitrogens with one attached hydrogen (secondary N) is 4. The predicted molar refractivity (Wildman–Crippen MR) is 115 cm³/mol. The minimum absolute atomic E-state index is 0.351. The van der Waals surface area contributed by atoms with Gasteiger partial charge in [-0.3, -0.25) is 0 Å². The average molecular weight is 386 g/mol. The van der Waals surface area contributed by atoms with Gasteiger partial charge in [-0.25, -0.2) is 9.97 Å². The largest absolute Gasteiger partial charge is 0.351 e. The fraction of sp³-hybridized carbons (Fsp3) is 0.190. The zero-order valence-corrected chi connectivity index (χ0v) is 15.8. The van der Waals surface area contributed by atoms with Gasteiger partial charge in [0.15, 0.2) is 0 Å². The summed E-state index contributed by atoms with van der Waals surface area (Å²) in [5.41, 5.74) is 6.16. The molecule has 2 atom stereocenters. The van der Waals surface area contributed by atoms with Gasteiger partial charge >= 0.3 is 0 Å². The van der Waals surface area contributed by atoms with E-state index in [0.29, 0.717) is 30.4 Å². The number of hydrogen-bond donors (Lipinski definition) is 4. The Bertz CT molecular complexity index is 989. The number of hydrogen-bond acceptors (Lipinski definition) is 8. The molecule has 0 saturated heterocycles. The summed E-state index contributed by atoms with van der Waals surface area (Å²) in [6.45, 7) is 0.562. The summed E-state index contributed by atoms with van der Waals surface area (Å²) in [6.07, 6.45) is 5.10. The van der Waals surface area contributed by atoms with Crippen LogP contribution in [-0.2, 0) is 6.54 Å². The van der Waals surface area contributed by atoms with Gasteiger partial charge in [-0.2, -0.15) is 10.1 Å². The summed E-state index contributed by atoms with van der Waals surface area (Å²) in [7, 11) is 0. The second-order valence-electron chi connectivity index (χ2n) is 6.74. The highest BCUT2D eigenvalue weighted by Gasteiger charge is 2.38. The number of benzene rings is 2. The summed E-state index contributed by atoms with van der Waals surface area (Å²) in [6, 6.07) is 18.7. The van der Waals surface area contributed by atoms with Crippen LogP contribution in [0.4, 0.5) is 17.6 Å². The van der Waals surface area contributed by atoms with Crippen LogP contribution >= 0.6 is 0 Å². The zero-order valence-electron chi connectivity index (χ0n) is 15.8. The molecule has 4 N–H and O–H groups in total. The lowest BCUT2D eigenvalue weighted by Gasteiger charge is -2.09. The van der Waals surface area contributed by atoms with Crippen molar-refractivity contribution < 1.29 is 0 Å². The summed E-state index contributed by atoms with van der Waals surface area (Å²) in [4.78, 5) is 12.9. The lowest BCUT2D eigenvalue weighted by molar-refractivity contribution is 0.749. The Morgan fingerprint density at radius 1 is 1.07 bits per heavy atom. The van der Waals surface area contributed by atoms with Crippen LogP contribution in [0.2, 0.25) is 0 Å². The molecule has 3 aromatic rings. The molecular weight excluding hydrogens is 364 g/mol. The van der Waals surface area contributed by atoms with Gasteiger partial charge in [0, 0.05) is 23.9 Å². The van der Waals surface area contributed by atoms with E-state index >= 15 is 0 Å². The Morgan fingerprint density at radius 2 is 1.93 bits per heavy atom. The van der Waals surface area contributed by atoms with Crippen molar-refractivity contribution in [1.82, 2.24) is 20.4 Å². The van der Waals surface area contributed by atoms with Gasteiger partial charge in [0.2, 0.25) is 11.9 Å². The van der Waals surface area contributed by atoms with Crippen LogP contribution < -0.4 is 16.1 Å². The molecule has 2 aromatic carbocycles. The highest BCUT2D eigenvalue weighted by atomic mass is 15.3. The molecule has 8 nitrogen and oxygen atoms in total. The van der Waals surface area contributed by atoms with Gasteiger partial charge in [-0.1, -0.05) is 42.5 Å². The molecule has 0 amide bonds. The van der Waals surface area contributed by atoms with E-state index in [0.717, 1.165) is 23.9 Å². The molecule has 1 fully saturated rings. The highest BCUT2D eigenvalue weighted by molar-refractivity contribution is 6.14. The molecule has 0 radical (unpaired) electrons.